The maximum atomic E-state index is 10.2. The summed E-state index contributed by atoms with van der Waals surface area (Å²) in [5.74, 6) is 3.68. The van der Waals surface area contributed by atoms with Crippen molar-refractivity contribution in [3.8, 4) is 11.5 Å². The van der Waals surface area contributed by atoms with Crippen LogP contribution in [0.5, 0.6) is 11.5 Å². The smallest absolute Gasteiger partial charge is 0.126 e. The molecule has 1 aliphatic heterocycles. The SMILES string of the molecule is [3H][14CH2]c1c(O)cc2c(c1C)O[C@](C)(CCC[C@H](C)CCC[C@H](C)CCCC(C)C)CC2. The Kier molecular flexibility index (Phi) is 8.96. The first kappa shape index (κ1) is 23.5. The van der Waals surface area contributed by atoms with Gasteiger partial charge in [0, 0.05) is 1.37 Å². The van der Waals surface area contributed by atoms with Crippen molar-refractivity contribution in [3.05, 3.63) is 22.8 Å². The Morgan fingerprint density at radius 1 is 1.07 bits per heavy atom. The molecule has 3 atom stereocenters. The van der Waals surface area contributed by atoms with Crippen molar-refractivity contribution in [3.63, 3.8) is 0 Å². The predicted molar refractivity (Wildman–Crippen MR) is 130 cm³/mol. The average Bonchev–Trinajstić information content (AvgIpc) is 2.69. The fourth-order valence-corrected chi connectivity index (χ4v) is 4.89. The van der Waals surface area contributed by atoms with Gasteiger partial charge in [0.05, 0.1) is 0 Å². The van der Waals surface area contributed by atoms with E-state index < -0.39 is 0 Å². The first-order chi connectivity index (χ1) is 14.6. The molecule has 0 saturated heterocycles. The summed E-state index contributed by atoms with van der Waals surface area (Å²) in [5.41, 5.74) is 2.63. The van der Waals surface area contributed by atoms with Crippen molar-refractivity contribution in [1.82, 2.24) is 0 Å². The van der Waals surface area contributed by atoms with E-state index in [1.807, 2.05) is 13.0 Å². The van der Waals surface area contributed by atoms with Crippen LogP contribution in [0, 0.1) is 31.6 Å². The maximum Gasteiger partial charge on any atom is 0.126 e. The zero-order chi connectivity index (χ0) is 23.0. The van der Waals surface area contributed by atoms with E-state index in [0.717, 1.165) is 53.9 Å². The van der Waals surface area contributed by atoms with Gasteiger partial charge in [0.1, 0.15) is 17.1 Å². The van der Waals surface area contributed by atoms with Crippen molar-refractivity contribution in [2.45, 2.75) is 125 Å². The minimum absolute atomic E-state index is 0.0961. The van der Waals surface area contributed by atoms with Gasteiger partial charge in [-0.1, -0.05) is 72.6 Å². The van der Waals surface area contributed by atoms with E-state index in [2.05, 4.69) is 34.6 Å². The first-order valence-electron chi connectivity index (χ1n) is 13.2. The van der Waals surface area contributed by atoms with E-state index >= 15 is 0 Å². The molecular formula is C28H48O2. The predicted octanol–water partition coefficient (Wildman–Crippen LogP) is 8.53. The molecule has 1 N–H and O–H groups in total. The number of ether oxygens (including phenoxy) is 1. The number of phenolic OH excluding ortho intramolecular Hbond substituents is 1. The highest BCUT2D eigenvalue weighted by Gasteiger charge is 2.33. The van der Waals surface area contributed by atoms with Gasteiger partial charge in [-0.15, -0.1) is 0 Å². The molecule has 172 valence electrons. The van der Waals surface area contributed by atoms with Crippen LogP contribution in [0.4, 0.5) is 0 Å². The molecule has 0 unspecified atom stereocenters. The standard InChI is InChI=1S/C28H48O2/c1-20(2)11-8-12-21(3)13-9-14-22(4)15-10-17-28(7)18-16-25-19-26(29)23(5)24(6)27(25)30-28/h19-22,29H,8-18H2,1-7H3/t21-,22-,28-/m1/s1/i5+2T. The van der Waals surface area contributed by atoms with Crippen molar-refractivity contribution < 1.29 is 11.2 Å². The molecule has 0 saturated carbocycles. The highest BCUT2D eigenvalue weighted by atomic mass is 16.5. The Bertz CT molecular complexity index is 684. The molecule has 1 aliphatic rings. The monoisotopic (exact) mass is 420 g/mol. The summed E-state index contributed by atoms with van der Waals surface area (Å²) in [7, 11) is 0. The molecule has 0 radical (unpaired) electrons. The number of aromatic hydroxyl groups is 1. The highest BCUT2D eigenvalue weighted by Crippen LogP contribution is 2.42. The second kappa shape index (κ2) is 11.4. The van der Waals surface area contributed by atoms with Gasteiger partial charge in [-0.05, 0) is 86.9 Å². The highest BCUT2D eigenvalue weighted by molar-refractivity contribution is 5.53. The summed E-state index contributed by atoms with van der Waals surface area (Å²) in [4.78, 5) is 0. The second-order valence-electron chi connectivity index (χ2n) is 10.9. The van der Waals surface area contributed by atoms with Crippen LogP contribution < -0.4 is 4.74 Å². The zero-order valence-electron chi connectivity index (χ0n) is 21.7. The van der Waals surface area contributed by atoms with Crippen molar-refractivity contribution in [1.29, 1.82) is 0 Å². The fourth-order valence-electron chi connectivity index (χ4n) is 4.89. The quantitative estimate of drug-likeness (QED) is 0.367. The number of phenols is 1. The molecule has 30 heavy (non-hydrogen) atoms. The third-order valence-electron chi connectivity index (χ3n) is 7.25. The van der Waals surface area contributed by atoms with Crippen LogP contribution in [0.1, 0.15) is 117 Å². The van der Waals surface area contributed by atoms with Gasteiger partial charge in [-0.3, -0.25) is 0 Å². The molecule has 0 spiro atoms. The summed E-state index contributed by atoms with van der Waals surface area (Å²) in [5, 5.41) is 10.2. The number of benzene rings is 1. The Hall–Kier alpha value is -1.18. The molecule has 0 aliphatic carbocycles. The molecule has 1 aromatic rings. The number of aryl methyl sites for hydroxylation is 1. The van der Waals surface area contributed by atoms with Crippen molar-refractivity contribution in [2.75, 3.05) is 0 Å². The number of hydrogen-bond donors (Lipinski definition) is 1. The Labute approximate surface area is 188 Å². The average molecular weight is 421 g/mol. The summed E-state index contributed by atoms with van der Waals surface area (Å²) in [6.45, 7) is 13.8. The zero-order valence-corrected chi connectivity index (χ0v) is 20.7. The lowest BCUT2D eigenvalue weighted by Gasteiger charge is -2.37. The van der Waals surface area contributed by atoms with Crippen molar-refractivity contribution >= 4 is 0 Å². The Morgan fingerprint density at radius 2 is 1.67 bits per heavy atom. The lowest BCUT2D eigenvalue weighted by atomic mass is 9.85. The number of hydrogen-bond acceptors (Lipinski definition) is 2. The lowest BCUT2D eigenvalue weighted by Crippen LogP contribution is -2.36. The second-order valence-corrected chi connectivity index (χ2v) is 10.9. The van der Waals surface area contributed by atoms with Crippen LogP contribution in [0.3, 0.4) is 0 Å². The fraction of sp³-hybridized carbons (Fsp3) is 0.786. The normalized spacial score (nSPS) is 21.1. The van der Waals surface area contributed by atoms with E-state index in [-0.39, 0.29) is 18.3 Å². The van der Waals surface area contributed by atoms with E-state index in [0.29, 0.717) is 5.56 Å². The van der Waals surface area contributed by atoms with Gasteiger partial charge in [-0.25, -0.2) is 0 Å². The van der Waals surface area contributed by atoms with Gasteiger partial charge in [0.2, 0.25) is 0 Å². The molecule has 2 nitrogen and oxygen atoms in total. The lowest BCUT2D eigenvalue weighted by molar-refractivity contribution is 0.0514. The van der Waals surface area contributed by atoms with Gasteiger partial charge >= 0.3 is 0 Å². The van der Waals surface area contributed by atoms with Gasteiger partial charge < -0.3 is 9.84 Å². The summed E-state index contributed by atoms with van der Waals surface area (Å²) in [6.07, 6.45) is 13.8. The Morgan fingerprint density at radius 3 is 2.27 bits per heavy atom. The third kappa shape index (κ3) is 7.50. The Balaban J connectivity index is 1.72. The third-order valence-corrected chi connectivity index (χ3v) is 7.25. The number of fused-ring (bicyclic) bond motifs is 1. The van der Waals surface area contributed by atoms with E-state index in [4.69, 9.17) is 6.11 Å². The van der Waals surface area contributed by atoms with E-state index in [1.54, 1.807) is 0 Å². The topological polar surface area (TPSA) is 29.5 Å². The van der Waals surface area contributed by atoms with Gasteiger partial charge in [-0.2, -0.15) is 0 Å². The molecule has 2 rings (SSSR count). The first-order valence-corrected chi connectivity index (χ1v) is 12.5. The van der Waals surface area contributed by atoms with Crippen LogP contribution in [0.2, 0.25) is 0 Å². The molecule has 1 aromatic carbocycles. The van der Waals surface area contributed by atoms with E-state index in [1.165, 1.54) is 51.4 Å². The molecule has 0 aromatic heterocycles. The molecule has 0 amide bonds. The summed E-state index contributed by atoms with van der Waals surface area (Å²) >= 11 is 0. The van der Waals surface area contributed by atoms with Crippen LogP contribution in [-0.4, -0.2) is 10.7 Å². The molecule has 2 heteroatoms. The van der Waals surface area contributed by atoms with E-state index in [9.17, 15) is 5.11 Å². The summed E-state index contributed by atoms with van der Waals surface area (Å²) < 4.78 is 14.2. The van der Waals surface area contributed by atoms with Crippen LogP contribution >= 0.6 is 0 Å². The van der Waals surface area contributed by atoms with Crippen molar-refractivity contribution in [2.24, 2.45) is 17.8 Å². The molecule has 0 fully saturated rings. The minimum atomic E-state index is -0.126. The maximum absolute atomic E-state index is 10.2. The summed E-state index contributed by atoms with van der Waals surface area (Å²) in [6, 6.07) is 1.82. The molecule has 1 heterocycles. The van der Waals surface area contributed by atoms with Gasteiger partial charge in [0.25, 0.3) is 0 Å². The van der Waals surface area contributed by atoms with Crippen LogP contribution in [0.15, 0.2) is 6.07 Å². The van der Waals surface area contributed by atoms with Crippen LogP contribution in [-0.2, 0) is 6.42 Å². The number of rotatable bonds is 12. The molecular weight excluding hydrogens is 370 g/mol. The van der Waals surface area contributed by atoms with Gasteiger partial charge in [0.15, 0.2) is 0 Å². The molecule has 0 bridgehead atoms. The largest absolute Gasteiger partial charge is 0.508 e. The minimum Gasteiger partial charge on any atom is -0.508 e. The van der Waals surface area contributed by atoms with Crippen LogP contribution in [0.25, 0.3) is 0 Å².